The molecular weight excluding hydrogens is 263 g/mol. The first-order valence-electron chi connectivity index (χ1n) is 5.87. The minimum absolute atomic E-state index is 0.0103. The van der Waals surface area contributed by atoms with Crippen LogP contribution in [0.1, 0.15) is 29.8 Å². The highest BCUT2D eigenvalue weighted by molar-refractivity contribution is 5.91. The molecule has 0 aliphatic carbocycles. The zero-order valence-electron chi connectivity index (χ0n) is 10.3. The summed E-state index contributed by atoms with van der Waals surface area (Å²) in [5, 5.41) is 9.81. The maximum Gasteiger partial charge on any atom is 0.389 e. The maximum atomic E-state index is 11.9. The van der Waals surface area contributed by atoms with Crippen molar-refractivity contribution in [2.75, 3.05) is 13.1 Å². The van der Waals surface area contributed by atoms with Gasteiger partial charge in [-0.2, -0.15) is 13.2 Å². The Balaban J connectivity index is 2.23. The lowest BCUT2D eigenvalue weighted by molar-refractivity contribution is -0.135. The fourth-order valence-electron chi connectivity index (χ4n) is 1.39. The molecule has 0 bridgehead atoms. The van der Waals surface area contributed by atoms with Gasteiger partial charge in [-0.15, -0.1) is 5.10 Å². The number of aromatic nitrogens is 3. The second-order valence-electron chi connectivity index (χ2n) is 3.98. The van der Waals surface area contributed by atoms with Crippen LogP contribution >= 0.6 is 0 Å². The lowest BCUT2D eigenvalue weighted by atomic mass is 10.2. The number of amides is 1. The van der Waals surface area contributed by atoms with Gasteiger partial charge in [-0.3, -0.25) is 9.48 Å². The Hall–Kier alpha value is -1.64. The Morgan fingerprint density at radius 3 is 2.79 bits per heavy atom. The Morgan fingerprint density at radius 2 is 2.16 bits per heavy atom. The molecule has 9 heteroatoms. The predicted octanol–water partition coefficient (Wildman–Crippen LogP) is 0.699. The molecule has 6 nitrogen and oxygen atoms in total. The number of hydrogen-bond donors (Lipinski definition) is 2. The number of nitrogens with two attached hydrogens (primary N) is 1. The van der Waals surface area contributed by atoms with Crippen LogP contribution in [-0.2, 0) is 6.54 Å². The van der Waals surface area contributed by atoms with Crippen LogP contribution in [0.25, 0.3) is 0 Å². The van der Waals surface area contributed by atoms with Crippen LogP contribution in [0.2, 0.25) is 0 Å². The summed E-state index contributed by atoms with van der Waals surface area (Å²) in [7, 11) is 0. The van der Waals surface area contributed by atoms with Gasteiger partial charge >= 0.3 is 6.18 Å². The van der Waals surface area contributed by atoms with Crippen molar-refractivity contribution in [3.63, 3.8) is 0 Å². The van der Waals surface area contributed by atoms with E-state index >= 15 is 0 Å². The standard InChI is InChI=1S/C10H16F3N5O/c11-10(12,13)3-1-2-5-15-9(19)8-7-18(6-4-14)17-16-8/h7H,1-6,14H2,(H,15,19). The van der Waals surface area contributed by atoms with E-state index in [1.54, 1.807) is 0 Å². The van der Waals surface area contributed by atoms with E-state index < -0.39 is 18.5 Å². The first-order valence-corrected chi connectivity index (χ1v) is 5.87. The van der Waals surface area contributed by atoms with Crippen molar-refractivity contribution in [1.82, 2.24) is 20.3 Å². The molecule has 108 valence electrons. The number of hydrogen-bond acceptors (Lipinski definition) is 4. The molecule has 0 atom stereocenters. The molecule has 0 spiro atoms. The predicted molar refractivity (Wildman–Crippen MR) is 61.3 cm³/mol. The summed E-state index contributed by atoms with van der Waals surface area (Å²) in [5.74, 6) is -0.449. The van der Waals surface area contributed by atoms with Gasteiger partial charge in [-0.25, -0.2) is 0 Å². The van der Waals surface area contributed by atoms with Gasteiger partial charge in [0.15, 0.2) is 5.69 Å². The average Bonchev–Trinajstić information content (AvgIpc) is 2.76. The highest BCUT2D eigenvalue weighted by Gasteiger charge is 2.25. The van der Waals surface area contributed by atoms with Crippen LogP contribution in [0.5, 0.6) is 0 Å². The van der Waals surface area contributed by atoms with Gasteiger partial charge in [-0.1, -0.05) is 5.21 Å². The Labute approximate surface area is 108 Å². The van der Waals surface area contributed by atoms with Crippen molar-refractivity contribution in [1.29, 1.82) is 0 Å². The summed E-state index contributed by atoms with van der Waals surface area (Å²) in [4.78, 5) is 11.5. The zero-order chi connectivity index (χ0) is 14.3. The molecule has 0 saturated heterocycles. The van der Waals surface area contributed by atoms with Gasteiger partial charge in [0, 0.05) is 19.5 Å². The summed E-state index contributed by atoms with van der Waals surface area (Å²) in [6.45, 7) is 1.01. The summed E-state index contributed by atoms with van der Waals surface area (Å²) in [6.07, 6.45) is -3.28. The molecule has 1 amide bonds. The molecule has 0 saturated carbocycles. The number of halogens is 3. The second-order valence-corrected chi connectivity index (χ2v) is 3.98. The van der Waals surface area contributed by atoms with E-state index in [2.05, 4.69) is 15.6 Å². The van der Waals surface area contributed by atoms with Crippen LogP contribution in [-0.4, -0.2) is 40.2 Å². The fourth-order valence-corrected chi connectivity index (χ4v) is 1.39. The molecule has 3 N–H and O–H groups in total. The molecule has 1 aromatic heterocycles. The molecule has 1 rings (SSSR count). The van der Waals surface area contributed by atoms with E-state index in [-0.39, 0.29) is 25.1 Å². The van der Waals surface area contributed by atoms with Crippen LogP contribution in [0.3, 0.4) is 0 Å². The summed E-state index contributed by atoms with van der Waals surface area (Å²) < 4.78 is 37.0. The number of unbranched alkanes of at least 4 members (excludes halogenated alkanes) is 1. The van der Waals surface area contributed by atoms with Gasteiger partial charge in [0.25, 0.3) is 5.91 Å². The van der Waals surface area contributed by atoms with Crippen molar-refractivity contribution in [2.45, 2.75) is 32.0 Å². The lowest BCUT2D eigenvalue weighted by Crippen LogP contribution is -2.25. The molecule has 1 aromatic rings. The van der Waals surface area contributed by atoms with Crippen molar-refractivity contribution in [2.24, 2.45) is 5.73 Å². The maximum absolute atomic E-state index is 11.9. The molecule has 19 heavy (non-hydrogen) atoms. The first kappa shape index (κ1) is 15.4. The molecule has 1 heterocycles. The third kappa shape index (κ3) is 6.18. The molecular formula is C10H16F3N5O. The molecule has 0 aliphatic rings. The monoisotopic (exact) mass is 279 g/mol. The van der Waals surface area contributed by atoms with E-state index in [0.29, 0.717) is 13.1 Å². The Bertz CT molecular complexity index is 404. The second kappa shape index (κ2) is 7.07. The quantitative estimate of drug-likeness (QED) is 0.719. The fraction of sp³-hybridized carbons (Fsp3) is 0.700. The molecule has 0 fully saturated rings. The van der Waals surface area contributed by atoms with Gasteiger partial charge in [0.05, 0.1) is 12.7 Å². The Kier molecular flexibility index (Phi) is 5.74. The summed E-state index contributed by atoms with van der Waals surface area (Å²) in [6, 6.07) is 0. The van der Waals surface area contributed by atoms with E-state index in [0.717, 1.165) is 0 Å². The SMILES string of the molecule is NCCn1cc(C(=O)NCCCCC(F)(F)F)nn1. The van der Waals surface area contributed by atoms with Gasteiger partial charge in [-0.05, 0) is 12.8 Å². The average molecular weight is 279 g/mol. The van der Waals surface area contributed by atoms with Gasteiger partial charge in [0.2, 0.25) is 0 Å². The Morgan fingerprint density at radius 1 is 1.42 bits per heavy atom. The van der Waals surface area contributed by atoms with E-state index in [1.165, 1.54) is 10.9 Å². The third-order valence-electron chi connectivity index (χ3n) is 2.30. The van der Waals surface area contributed by atoms with Crippen LogP contribution in [0.15, 0.2) is 6.20 Å². The molecule has 0 aliphatic heterocycles. The number of nitrogens with zero attached hydrogens (tertiary/aromatic N) is 3. The minimum Gasteiger partial charge on any atom is -0.351 e. The van der Waals surface area contributed by atoms with Crippen molar-refractivity contribution in [3.05, 3.63) is 11.9 Å². The first-order chi connectivity index (χ1) is 8.92. The van der Waals surface area contributed by atoms with Crippen molar-refractivity contribution < 1.29 is 18.0 Å². The third-order valence-corrected chi connectivity index (χ3v) is 2.30. The lowest BCUT2D eigenvalue weighted by Gasteiger charge is -2.06. The van der Waals surface area contributed by atoms with Gasteiger partial charge in [0.1, 0.15) is 0 Å². The number of rotatable bonds is 7. The summed E-state index contributed by atoms with van der Waals surface area (Å²) in [5.41, 5.74) is 5.44. The van der Waals surface area contributed by atoms with Crippen molar-refractivity contribution in [3.8, 4) is 0 Å². The minimum atomic E-state index is -4.14. The van der Waals surface area contributed by atoms with Crippen LogP contribution in [0, 0.1) is 0 Å². The molecule has 0 aromatic carbocycles. The van der Waals surface area contributed by atoms with E-state index in [1.807, 2.05) is 0 Å². The largest absolute Gasteiger partial charge is 0.389 e. The van der Waals surface area contributed by atoms with E-state index in [4.69, 9.17) is 5.73 Å². The summed E-state index contributed by atoms with van der Waals surface area (Å²) >= 11 is 0. The van der Waals surface area contributed by atoms with E-state index in [9.17, 15) is 18.0 Å². The topological polar surface area (TPSA) is 85.8 Å². The highest BCUT2D eigenvalue weighted by atomic mass is 19.4. The van der Waals surface area contributed by atoms with Crippen LogP contribution < -0.4 is 11.1 Å². The molecule has 0 unspecified atom stereocenters. The number of alkyl halides is 3. The van der Waals surface area contributed by atoms with Crippen molar-refractivity contribution >= 4 is 5.91 Å². The smallest absolute Gasteiger partial charge is 0.351 e. The normalized spacial score (nSPS) is 11.6. The van der Waals surface area contributed by atoms with Crippen LogP contribution in [0.4, 0.5) is 13.2 Å². The van der Waals surface area contributed by atoms with Gasteiger partial charge < -0.3 is 11.1 Å². The number of nitrogens with one attached hydrogen (secondary N) is 1. The molecule has 0 radical (unpaired) electrons. The highest BCUT2D eigenvalue weighted by Crippen LogP contribution is 2.21. The zero-order valence-corrected chi connectivity index (χ0v) is 10.3. The number of carbonyl (C=O) groups excluding carboxylic acids is 1. The number of carbonyl (C=O) groups is 1.